The number of hydrogen-bond acceptors (Lipinski definition) is 7. The van der Waals surface area contributed by atoms with Gasteiger partial charge in [0.25, 0.3) is 5.56 Å². The maximum atomic E-state index is 14.7. The molecule has 0 aliphatic heterocycles. The molecule has 0 saturated heterocycles. The van der Waals surface area contributed by atoms with E-state index < -0.39 is 21.8 Å². The minimum atomic E-state index is -3.97. The maximum absolute atomic E-state index is 14.7. The van der Waals surface area contributed by atoms with E-state index >= 15 is 0 Å². The number of ether oxygens (including phenoxy) is 1. The third-order valence-electron chi connectivity index (χ3n) is 6.20. The molecule has 10 nitrogen and oxygen atoms in total. The Morgan fingerprint density at radius 3 is 2.64 bits per heavy atom. The summed E-state index contributed by atoms with van der Waals surface area (Å²) < 4.78 is 50.0. The highest BCUT2D eigenvalue weighted by molar-refractivity contribution is 7.90. The average Bonchev–Trinajstić information content (AvgIpc) is 2.86. The Balaban J connectivity index is 1.71. The highest BCUT2D eigenvalue weighted by atomic mass is 32.2. The van der Waals surface area contributed by atoms with Crippen LogP contribution < -0.4 is 15.0 Å². The Kier molecular flexibility index (Phi) is 7.05. The van der Waals surface area contributed by atoms with Gasteiger partial charge in [-0.15, -0.1) is 0 Å². The maximum Gasteiger partial charge on any atom is 0.301 e. The smallest absolute Gasteiger partial charge is 0.301 e. The first-order valence-corrected chi connectivity index (χ1v) is 12.8. The van der Waals surface area contributed by atoms with Crippen molar-refractivity contribution in [2.24, 2.45) is 0 Å². The Hall–Kier alpha value is -3.82. The van der Waals surface area contributed by atoms with Crippen LogP contribution in [0.15, 0.2) is 41.5 Å². The Morgan fingerprint density at radius 2 is 1.97 bits per heavy atom. The molecule has 1 heterocycles. The van der Waals surface area contributed by atoms with Gasteiger partial charge in [0.05, 0.1) is 22.9 Å². The summed E-state index contributed by atoms with van der Waals surface area (Å²) in [6.45, 7) is 1.82. The van der Waals surface area contributed by atoms with Crippen molar-refractivity contribution in [3.63, 3.8) is 0 Å². The third kappa shape index (κ3) is 4.93. The molecule has 0 atom stereocenters. The fourth-order valence-corrected chi connectivity index (χ4v) is 4.94. The molecule has 0 amide bonds. The molecular formula is C24H24FN5O5S. The number of anilines is 1. The van der Waals surface area contributed by atoms with Gasteiger partial charge in [-0.05, 0) is 43.2 Å². The van der Waals surface area contributed by atoms with Crippen molar-refractivity contribution in [3.8, 4) is 17.6 Å². The number of rotatable bonds is 7. The summed E-state index contributed by atoms with van der Waals surface area (Å²) in [5.41, 5.74) is -0.417. The standard InChI is InChI=1S/C24H24FN5O5S/c1-3-29(2)36(33,34)28-22-11-9-20(25)23(19(22)13-26)35-17-8-10-21-18(12-17)24(32)30(14-27-21)15-4-6-16(31)7-5-15/h8-12,14-15,28H,3-7H2,1-2H3. The number of fused-ring (bicyclic) bond motifs is 1. The summed E-state index contributed by atoms with van der Waals surface area (Å²) in [5.74, 6) is -1.12. The van der Waals surface area contributed by atoms with Crippen molar-refractivity contribution >= 4 is 32.6 Å². The third-order valence-corrected chi connectivity index (χ3v) is 7.75. The van der Waals surface area contributed by atoms with Crippen LogP contribution in [-0.4, -0.2) is 41.6 Å². The summed E-state index contributed by atoms with van der Waals surface area (Å²) in [5, 5.41) is 9.91. The molecule has 1 saturated carbocycles. The number of ketones is 1. The van der Waals surface area contributed by atoms with Gasteiger partial charge < -0.3 is 4.74 Å². The molecule has 0 unspecified atom stereocenters. The van der Waals surface area contributed by atoms with E-state index in [4.69, 9.17) is 4.74 Å². The summed E-state index contributed by atoms with van der Waals surface area (Å²) >= 11 is 0. The van der Waals surface area contributed by atoms with Crippen LogP contribution in [0.5, 0.6) is 11.5 Å². The average molecular weight is 514 g/mol. The highest BCUT2D eigenvalue weighted by Crippen LogP contribution is 2.34. The van der Waals surface area contributed by atoms with Crippen LogP contribution in [0.4, 0.5) is 10.1 Å². The lowest BCUT2D eigenvalue weighted by molar-refractivity contribution is -0.120. The number of nitrogens with one attached hydrogen (secondary N) is 1. The minimum absolute atomic E-state index is 0.0686. The zero-order valence-electron chi connectivity index (χ0n) is 19.7. The van der Waals surface area contributed by atoms with Gasteiger partial charge >= 0.3 is 10.2 Å². The Bertz CT molecular complexity index is 1540. The van der Waals surface area contributed by atoms with Gasteiger partial charge in [0.15, 0.2) is 11.6 Å². The fraction of sp³-hybridized carbons (Fsp3) is 0.333. The molecule has 1 aromatic heterocycles. The number of nitrogens with zero attached hydrogens (tertiary/aromatic N) is 4. The van der Waals surface area contributed by atoms with E-state index in [1.54, 1.807) is 13.0 Å². The van der Waals surface area contributed by atoms with Gasteiger partial charge in [-0.2, -0.15) is 18.0 Å². The number of aromatic nitrogens is 2. The van der Waals surface area contributed by atoms with Crippen molar-refractivity contribution in [2.75, 3.05) is 18.3 Å². The second-order valence-electron chi connectivity index (χ2n) is 8.44. The number of Topliss-reactive ketones (excluding diaryl/α,β-unsaturated/α-hetero) is 1. The number of benzene rings is 2. The fourth-order valence-electron chi connectivity index (χ4n) is 4.00. The van der Waals surface area contributed by atoms with Crippen molar-refractivity contribution < 1.29 is 22.3 Å². The largest absolute Gasteiger partial charge is 0.453 e. The van der Waals surface area contributed by atoms with Crippen LogP contribution in [0.1, 0.15) is 44.2 Å². The van der Waals surface area contributed by atoms with E-state index in [0.29, 0.717) is 31.2 Å². The molecule has 36 heavy (non-hydrogen) atoms. The Morgan fingerprint density at radius 1 is 1.25 bits per heavy atom. The van der Waals surface area contributed by atoms with E-state index in [1.165, 1.54) is 36.1 Å². The summed E-state index contributed by atoms with van der Waals surface area (Å²) in [6.07, 6.45) is 3.37. The second-order valence-corrected chi connectivity index (χ2v) is 10.2. The molecule has 188 valence electrons. The lowest BCUT2D eigenvalue weighted by Gasteiger charge is -2.23. The molecule has 1 aliphatic carbocycles. The zero-order chi connectivity index (χ0) is 26.0. The van der Waals surface area contributed by atoms with Crippen LogP contribution in [0.2, 0.25) is 0 Å². The van der Waals surface area contributed by atoms with Crippen LogP contribution in [0.25, 0.3) is 10.9 Å². The molecule has 0 spiro atoms. The minimum Gasteiger partial charge on any atom is -0.453 e. The summed E-state index contributed by atoms with van der Waals surface area (Å²) in [4.78, 5) is 29.1. The van der Waals surface area contributed by atoms with Crippen LogP contribution in [-0.2, 0) is 15.0 Å². The first-order valence-electron chi connectivity index (χ1n) is 11.3. The molecule has 1 fully saturated rings. The lowest BCUT2D eigenvalue weighted by Crippen LogP contribution is -2.32. The first kappa shape index (κ1) is 25.3. The number of carbonyl (C=O) groups is 1. The number of carbonyl (C=O) groups excluding carboxylic acids is 1. The number of nitriles is 1. The Labute approximate surface area is 207 Å². The van der Waals surface area contributed by atoms with Gasteiger partial charge in [0, 0.05) is 32.5 Å². The monoisotopic (exact) mass is 513 g/mol. The first-order chi connectivity index (χ1) is 17.1. The molecule has 1 N–H and O–H groups in total. The lowest BCUT2D eigenvalue weighted by atomic mass is 9.94. The van der Waals surface area contributed by atoms with Gasteiger partial charge in [0.2, 0.25) is 0 Å². The van der Waals surface area contributed by atoms with Gasteiger partial charge in [0.1, 0.15) is 23.2 Å². The van der Waals surface area contributed by atoms with Crippen molar-refractivity contribution in [1.82, 2.24) is 13.9 Å². The molecule has 1 aliphatic rings. The summed E-state index contributed by atoms with van der Waals surface area (Å²) in [6, 6.07) is 8.18. The van der Waals surface area contributed by atoms with Crippen molar-refractivity contribution in [1.29, 1.82) is 5.26 Å². The van der Waals surface area contributed by atoms with Crippen LogP contribution >= 0.6 is 0 Å². The zero-order valence-corrected chi connectivity index (χ0v) is 20.5. The van der Waals surface area contributed by atoms with E-state index in [1.807, 2.05) is 0 Å². The molecule has 0 bridgehead atoms. The molecule has 0 radical (unpaired) electrons. The highest BCUT2D eigenvalue weighted by Gasteiger charge is 2.24. The van der Waals surface area contributed by atoms with Crippen molar-refractivity contribution in [2.45, 2.75) is 38.6 Å². The normalized spacial score (nSPS) is 14.7. The molecule has 4 rings (SSSR count). The number of hydrogen-bond donors (Lipinski definition) is 1. The predicted molar refractivity (Wildman–Crippen MR) is 131 cm³/mol. The molecule has 2 aromatic carbocycles. The number of halogens is 1. The van der Waals surface area contributed by atoms with Crippen LogP contribution in [0.3, 0.4) is 0 Å². The second kappa shape index (κ2) is 10.0. The molecule has 3 aromatic rings. The van der Waals surface area contributed by atoms with E-state index in [9.17, 15) is 27.7 Å². The van der Waals surface area contributed by atoms with Gasteiger partial charge in [-0.1, -0.05) is 6.92 Å². The van der Waals surface area contributed by atoms with E-state index in [0.717, 1.165) is 16.4 Å². The van der Waals surface area contributed by atoms with E-state index in [2.05, 4.69) is 9.71 Å². The quantitative estimate of drug-likeness (QED) is 0.511. The summed E-state index contributed by atoms with van der Waals surface area (Å²) in [7, 11) is -2.61. The van der Waals surface area contributed by atoms with Crippen molar-refractivity contribution in [3.05, 3.63) is 58.4 Å². The topological polar surface area (TPSA) is 134 Å². The van der Waals surface area contributed by atoms with Gasteiger partial charge in [-0.3, -0.25) is 18.9 Å². The molecule has 12 heteroatoms. The van der Waals surface area contributed by atoms with E-state index in [-0.39, 0.29) is 46.3 Å². The van der Waals surface area contributed by atoms with Gasteiger partial charge in [-0.25, -0.2) is 9.37 Å². The van der Waals surface area contributed by atoms with Crippen LogP contribution in [0, 0.1) is 17.1 Å². The molecular weight excluding hydrogens is 489 g/mol. The predicted octanol–water partition coefficient (Wildman–Crippen LogP) is 3.49. The SMILES string of the molecule is CCN(C)S(=O)(=O)Nc1ccc(F)c(Oc2ccc3ncn(C4CCC(=O)CC4)c(=O)c3c2)c1C#N.